The van der Waals surface area contributed by atoms with E-state index in [2.05, 4.69) is 42.5 Å². The number of aliphatic carboxylic acids is 1. The summed E-state index contributed by atoms with van der Waals surface area (Å²) in [6.07, 6.45) is -3.84. The van der Waals surface area contributed by atoms with Crippen LogP contribution in [0.15, 0.2) is 48.5 Å². The van der Waals surface area contributed by atoms with Gasteiger partial charge >= 0.3 is 5.97 Å². The molecule has 30 heteroatoms. The van der Waals surface area contributed by atoms with Gasteiger partial charge in [0.2, 0.25) is 65.0 Å². The lowest BCUT2D eigenvalue weighted by molar-refractivity contribution is -0.144. The Labute approximate surface area is 510 Å². The zero-order chi connectivity index (χ0) is 66.1. The maximum absolute atomic E-state index is 14.5. The van der Waals surface area contributed by atoms with Gasteiger partial charge in [-0.25, -0.2) is 4.79 Å². The first-order valence-corrected chi connectivity index (χ1v) is 29.3. The molecule has 2 aromatic carbocycles. The summed E-state index contributed by atoms with van der Waals surface area (Å²) >= 11 is 0. The number of phenols is 2. The second-order valence-corrected chi connectivity index (χ2v) is 22.6. The van der Waals surface area contributed by atoms with Crippen LogP contribution in [0.25, 0.3) is 0 Å². The average Bonchev–Trinajstić information content (AvgIpc) is 2.33. The molecule has 0 aromatic heterocycles. The lowest BCUT2D eigenvalue weighted by Crippen LogP contribution is -2.63. The highest BCUT2D eigenvalue weighted by molar-refractivity contribution is 6.00. The molecule has 88 heavy (non-hydrogen) atoms. The van der Waals surface area contributed by atoms with Crippen molar-refractivity contribution in [2.24, 2.45) is 34.8 Å². The molecule has 0 aliphatic carbocycles. The van der Waals surface area contributed by atoms with Gasteiger partial charge in [0.25, 0.3) is 0 Å². The number of benzene rings is 2. The lowest BCUT2D eigenvalue weighted by atomic mass is 9.98. The topological polar surface area (TPSA) is 510 Å². The zero-order valence-electron chi connectivity index (χ0n) is 50.5. The van der Waals surface area contributed by atoms with Gasteiger partial charge in [-0.15, -0.1) is 0 Å². The van der Waals surface area contributed by atoms with Crippen molar-refractivity contribution < 1.29 is 83.1 Å². The monoisotopic (exact) mass is 1240 g/mol. The fraction of sp³-hybridized carbons (Fsp3) is 0.586. The Morgan fingerprint density at radius 3 is 1.51 bits per heavy atom. The number of carboxylic acids is 1. The zero-order valence-corrected chi connectivity index (χ0v) is 50.5. The smallest absolute Gasteiger partial charge is 0.326 e. The Hall–Kier alpha value is -8.48. The van der Waals surface area contributed by atoms with Crippen molar-refractivity contribution in [3.8, 4) is 11.5 Å². The number of unbranched alkanes of at least 4 members (excludes halogenated alkanes) is 1. The number of hydrogen-bond donors (Lipinski definition) is 17. The van der Waals surface area contributed by atoms with Crippen LogP contribution in [-0.4, -0.2) is 187 Å². The molecule has 0 unspecified atom stereocenters. The molecule has 0 radical (unpaired) electrons. The van der Waals surface area contributed by atoms with Crippen LogP contribution in [0.5, 0.6) is 11.5 Å². The van der Waals surface area contributed by atoms with Crippen molar-refractivity contribution in [3.63, 3.8) is 0 Å². The van der Waals surface area contributed by atoms with E-state index in [1.54, 1.807) is 27.7 Å². The summed E-state index contributed by atoms with van der Waals surface area (Å²) in [4.78, 5) is 164. The van der Waals surface area contributed by atoms with Crippen LogP contribution in [0, 0.1) is 11.8 Å². The standard InChI is InChI=1S/C58H89N13O17/c1-7-30(4)46(58(87)88)68-53(82)41(27-34-15-19-36(75)20-16-34)66-55(84)47(31(5)72)70-56(85)48(32(6)73)69-54(83)43-12-10-24-71(43)57(86)42(28-45(62)77)67-50(79)38(21-22-44(61)76)63-52(81)40(26-33-13-17-35(74)18-14-33)65-51(80)39(25-29(2)3)64-49(78)37(60)11-8-9-23-59/h13-20,29-32,37-43,46-48,72-75H,7-12,21-28,59-60H2,1-6H3,(H2,61,76)(H2,62,77)(H,63,81)(H,64,78)(H,65,80)(H,66,84)(H,67,79)(H,68,82)(H,69,83)(H,70,85)(H,87,88)/t30-,31+,32+,37-,38-,39-,40-,41-,42-,43-,46-,47-,48-/m0/s1. The molecule has 1 aliphatic heterocycles. The highest BCUT2D eigenvalue weighted by atomic mass is 16.4. The molecule has 11 amide bonds. The summed E-state index contributed by atoms with van der Waals surface area (Å²) in [6, 6.07) is -4.26. The lowest BCUT2D eigenvalue weighted by Gasteiger charge is -2.31. The van der Waals surface area contributed by atoms with Crippen molar-refractivity contribution in [1.82, 2.24) is 47.4 Å². The number of carboxylic acid groups (broad SMARTS) is 1. The van der Waals surface area contributed by atoms with Crippen LogP contribution in [0.4, 0.5) is 0 Å². The number of nitrogens with zero attached hydrogens (tertiary/aromatic N) is 1. The number of rotatable bonds is 37. The molecule has 1 saturated heterocycles. The highest BCUT2D eigenvalue weighted by Crippen LogP contribution is 2.21. The minimum Gasteiger partial charge on any atom is -0.508 e. The fourth-order valence-corrected chi connectivity index (χ4v) is 9.55. The minimum atomic E-state index is -1.89. The van der Waals surface area contributed by atoms with Gasteiger partial charge in [0.15, 0.2) is 0 Å². The number of likely N-dealkylation sites (tertiary alicyclic amines) is 1. The Morgan fingerprint density at radius 2 is 1.02 bits per heavy atom. The van der Waals surface area contributed by atoms with Crippen molar-refractivity contribution in [1.29, 1.82) is 0 Å². The number of aliphatic hydroxyl groups is 2. The third-order valence-corrected chi connectivity index (χ3v) is 14.7. The number of nitrogens with one attached hydrogen (secondary N) is 8. The van der Waals surface area contributed by atoms with E-state index >= 15 is 0 Å². The molecular weight excluding hydrogens is 1150 g/mol. The Balaban J connectivity index is 1.90. The molecule has 0 bridgehead atoms. The number of carbonyl (C=O) groups is 12. The highest BCUT2D eigenvalue weighted by Gasteiger charge is 2.42. The first-order valence-electron chi connectivity index (χ1n) is 29.3. The summed E-state index contributed by atoms with van der Waals surface area (Å²) in [6.45, 7) is 9.34. The first kappa shape index (κ1) is 73.8. The summed E-state index contributed by atoms with van der Waals surface area (Å²) in [5.41, 5.74) is 23.5. The maximum atomic E-state index is 14.5. The van der Waals surface area contributed by atoms with Crippen LogP contribution in [-0.2, 0) is 70.4 Å². The summed E-state index contributed by atoms with van der Waals surface area (Å²) in [5, 5.41) is 71.0. The quantitative estimate of drug-likeness (QED) is 0.0289. The average molecular weight is 1240 g/mol. The van der Waals surface area contributed by atoms with Crippen molar-refractivity contribution in [2.75, 3.05) is 13.1 Å². The summed E-state index contributed by atoms with van der Waals surface area (Å²) in [5.74, 6) is -13.3. The number of hydrogen-bond acceptors (Lipinski definition) is 18. The van der Waals surface area contributed by atoms with Gasteiger partial charge in [-0.2, -0.15) is 0 Å². The minimum absolute atomic E-state index is 0.0688. The Bertz CT molecular complexity index is 2730. The molecular formula is C58H89N13O17. The molecule has 0 saturated carbocycles. The van der Waals surface area contributed by atoms with Gasteiger partial charge in [-0.1, -0.05) is 64.8 Å². The van der Waals surface area contributed by atoms with E-state index in [0.29, 0.717) is 36.9 Å². The predicted molar refractivity (Wildman–Crippen MR) is 317 cm³/mol. The van der Waals surface area contributed by atoms with Crippen LogP contribution >= 0.6 is 0 Å². The molecule has 0 spiro atoms. The van der Waals surface area contributed by atoms with Gasteiger partial charge in [0.05, 0.1) is 24.7 Å². The Morgan fingerprint density at radius 1 is 0.568 bits per heavy atom. The molecule has 13 atom stereocenters. The number of nitrogens with two attached hydrogens (primary N) is 4. The molecule has 1 aliphatic rings. The SMILES string of the molecule is CC[C@H](C)[C@H](NC(=O)[C@H](Cc1ccc(O)cc1)NC(=O)[C@@H](NC(=O)[C@@H](NC(=O)[C@@H]1CCCN1C(=O)[C@H](CC(N)=O)NC(=O)[C@H](CCC(N)=O)NC(=O)[C@H](Cc1ccc(O)cc1)NC(=O)[C@H](CC(C)C)NC(=O)[C@@H](N)CCCCN)[C@@H](C)O)[C@@H](C)O)C(=O)O. The van der Waals surface area contributed by atoms with E-state index in [-0.39, 0.29) is 62.5 Å². The maximum Gasteiger partial charge on any atom is 0.326 e. The van der Waals surface area contributed by atoms with Crippen LogP contribution in [0.2, 0.25) is 0 Å². The van der Waals surface area contributed by atoms with Gasteiger partial charge in [0.1, 0.15) is 65.9 Å². The molecule has 1 heterocycles. The van der Waals surface area contributed by atoms with E-state index in [9.17, 15) is 83.1 Å². The van der Waals surface area contributed by atoms with Gasteiger partial charge in [0, 0.05) is 25.8 Å². The third kappa shape index (κ3) is 24.0. The van der Waals surface area contributed by atoms with Crippen LogP contribution < -0.4 is 65.5 Å². The second kappa shape index (κ2) is 36.0. The normalized spacial score (nSPS) is 17.1. The van der Waals surface area contributed by atoms with Gasteiger partial charge < -0.3 is 95.9 Å². The number of primary amides is 2. The number of amides is 11. The number of phenolic OH excluding ortho intramolecular Hbond substituents is 2. The fourth-order valence-electron chi connectivity index (χ4n) is 9.55. The Kier molecular flexibility index (Phi) is 30.2. The van der Waals surface area contributed by atoms with E-state index in [4.69, 9.17) is 22.9 Å². The molecule has 21 N–H and O–H groups in total. The number of aromatic hydroxyl groups is 2. The van der Waals surface area contributed by atoms with Crippen LogP contribution in [0.3, 0.4) is 0 Å². The van der Waals surface area contributed by atoms with E-state index in [1.807, 2.05) is 0 Å². The number of carbonyl (C=O) groups excluding carboxylic acids is 11. The second-order valence-electron chi connectivity index (χ2n) is 22.6. The largest absolute Gasteiger partial charge is 0.508 e. The number of aliphatic hydroxyl groups excluding tert-OH is 2. The third-order valence-electron chi connectivity index (χ3n) is 14.7. The van der Waals surface area contributed by atoms with E-state index in [0.717, 1.165) is 18.7 Å². The molecule has 3 rings (SSSR count). The summed E-state index contributed by atoms with van der Waals surface area (Å²) in [7, 11) is 0. The van der Waals surface area contributed by atoms with E-state index < -0.39 is 169 Å². The molecule has 1 fully saturated rings. The van der Waals surface area contributed by atoms with Gasteiger partial charge in [-0.05, 0) is 106 Å². The van der Waals surface area contributed by atoms with Crippen LogP contribution in [0.1, 0.15) is 117 Å². The van der Waals surface area contributed by atoms with Crippen molar-refractivity contribution in [2.45, 2.75) is 191 Å². The first-order chi connectivity index (χ1) is 41.4. The van der Waals surface area contributed by atoms with E-state index in [1.165, 1.54) is 48.5 Å². The summed E-state index contributed by atoms with van der Waals surface area (Å²) < 4.78 is 0. The van der Waals surface area contributed by atoms with Gasteiger partial charge in [-0.3, -0.25) is 52.7 Å². The molecule has 488 valence electrons. The molecule has 30 nitrogen and oxygen atoms in total. The van der Waals surface area contributed by atoms with Crippen molar-refractivity contribution >= 4 is 70.9 Å². The van der Waals surface area contributed by atoms with Crippen molar-refractivity contribution in [3.05, 3.63) is 59.7 Å². The predicted octanol–water partition coefficient (Wildman–Crippen LogP) is -3.71. The molecule has 2 aromatic rings.